The van der Waals surface area contributed by atoms with Crippen LogP contribution in [0.4, 0.5) is 4.79 Å². The number of urea groups is 1. The van der Waals surface area contributed by atoms with Crippen LogP contribution in [0, 0.1) is 0 Å². The molecule has 0 saturated heterocycles. The molecule has 3 rings (SSSR count). The Morgan fingerprint density at radius 2 is 2.13 bits per heavy atom. The second-order valence-electron chi connectivity index (χ2n) is 3.22. The monoisotopic (exact) mass is 202 g/mol. The molecule has 0 radical (unpaired) electrons. The molecule has 0 aromatic heterocycles. The Balaban J connectivity index is 2.49. The van der Waals surface area contributed by atoms with Gasteiger partial charge in [-0.1, -0.05) is 0 Å². The molecular formula is C10H6N2O3. The normalized spacial score (nSPS) is 16.1. The van der Waals surface area contributed by atoms with Gasteiger partial charge in [0, 0.05) is 11.6 Å². The number of carbonyl (C=O) groups is 1. The standard InChI is InChI=1S/C10H6N2O3/c13-6-4-7-5(2-1-3-15-7)8-9(6)12-10(14)11-8/h1-2,4,13H,3H2. The first kappa shape index (κ1) is 8.16. The third-order valence-electron chi connectivity index (χ3n) is 2.29. The summed E-state index contributed by atoms with van der Waals surface area (Å²) in [4.78, 5) is 18.4. The molecule has 1 aromatic rings. The molecule has 2 aliphatic heterocycles. The van der Waals surface area contributed by atoms with Crippen LogP contribution in [0.5, 0.6) is 11.5 Å². The molecule has 2 heterocycles. The maximum absolute atomic E-state index is 11.0. The van der Waals surface area contributed by atoms with Gasteiger partial charge in [-0.2, -0.15) is 9.98 Å². The van der Waals surface area contributed by atoms with Gasteiger partial charge in [0.15, 0.2) is 0 Å². The quantitative estimate of drug-likeness (QED) is 0.651. The maximum atomic E-state index is 11.0. The van der Waals surface area contributed by atoms with E-state index in [1.165, 1.54) is 6.07 Å². The van der Waals surface area contributed by atoms with Crippen LogP contribution < -0.4 is 15.5 Å². The van der Waals surface area contributed by atoms with Crippen LogP contribution in [-0.4, -0.2) is 17.7 Å². The van der Waals surface area contributed by atoms with Crippen LogP contribution in [0.1, 0.15) is 5.56 Å². The predicted molar refractivity (Wildman–Crippen MR) is 50.3 cm³/mol. The van der Waals surface area contributed by atoms with Gasteiger partial charge in [0.25, 0.3) is 0 Å². The number of hydrogen-bond acceptors (Lipinski definition) is 3. The molecule has 2 amide bonds. The fourth-order valence-corrected chi connectivity index (χ4v) is 1.66. The van der Waals surface area contributed by atoms with Crippen LogP contribution in [0.3, 0.4) is 0 Å². The second kappa shape index (κ2) is 2.66. The van der Waals surface area contributed by atoms with Crippen molar-refractivity contribution in [1.29, 1.82) is 0 Å². The highest BCUT2D eigenvalue weighted by Gasteiger charge is 2.17. The first-order valence-electron chi connectivity index (χ1n) is 4.42. The molecular weight excluding hydrogens is 196 g/mol. The van der Waals surface area contributed by atoms with Crippen LogP contribution in [0.25, 0.3) is 6.08 Å². The second-order valence-corrected chi connectivity index (χ2v) is 3.22. The fraction of sp³-hybridized carbons (Fsp3) is 0.100. The molecule has 5 nitrogen and oxygen atoms in total. The summed E-state index contributed by atoms with van der Waals surface area (Å²) in [7, 11) is 0. The van der Waals surface area contributed by atoms with Crippen molar-refractivity contribution in [3.05, 3.63) is 28.4 Å². The Morgan fingerprint density at radius 1 is 1.33 bits per heavy atom. The van der Waals surface area contributed by atoms with E-state index < -0.39 is 6.03 Å². The van der Waals surface area contributed by atoms with Crippen molar-refractivity contribution in [2.75, 3.05) is 6.61 Å². The number of aromatic hydroxyl groups is 1. The topological polar surface area (TPSA) is 71.2 Å². The zero-order valence-electron chi connectivity index (χ0n) is 7.60. The van der Waals surface area contributed by atoms with E-state index in [0.717, 1.165) is 0 Å². The average Bonchev–Trinajstić information content (AvgIpc) is 2.61. The minimum atomic E-state index is -0.590. The molecule has 2 aliphatic rings. The third-order valence-corrected chi connectivity index (χ3v) is 2.29. The highest BCUT2D eigenvalue weighted by atomic mass is 16.5. The predicted octanol–water partition coefficient (Wildman–Crippen LogP) is 0.171. The molecule has 15 heavy (non-hydrogen) atoms. The molecule has 0 bridgehead atoms. The number of fused-ring (bicyclic) bond motifs is 3. The summed E-state index contributed by atoms with van der Waals surface area (Å²) in [6.45, 7) is 0.455. The van der Waals surface area contributed by atoms with Crippen molar-refractivity contribution in [2.24, 2.45) is 9.98 Å². The Hall–Kier alpha value is -2.17. The number of nitrogens with zero attached hydrogens (tertiary/aromatic N) is 2. The largest absolute Gasteiger partial charge is 0.505 e. The molecule has 0 saturated carbocycles. The van der Waals surface area contributed by atoms with E-state index in [-0.39, 0.29) is 11.1 Å². The Kier molecular flexibility index (Phi) is 1.45. The highest BCUT2D eigenvalue weighted by Crippen LogP contribution is 2.22. The Bertz CT molecular complexity index is 617. The van der Waals surface area contributed by atoms with Gasteiger partial charge in [-0.25, -0.2) is 4.79 Å². The number of rotatable bonds is 0. The van der Waals surface area contributed by atoms with Crippen LogP contribution in [0.15, 0.2) is 22.1 Å². The smallest absolute Gasteiger partial charge is 0.368 e. The van der Waals surface area contributed by atoms with Gasteiger partial charge in [0.1, 0.15) is 28.8 Å². The van der Waals surface area contributed by atoms with Gasteiger partial charge < -0.3 is 9.84 Å². The van der Waals surface area contributed by atoms with Gasteiger partial charge >= 0.3 is 6.03 Å². The van der Waals surface area contributed by atoms with E-state index in [1.807, 2.05) is 12.2 Å². The molecule has 0 atom stereocenters. The molecule has 0 unspecified atom stereocenters. The number of benzene rings is 1. The Morgan fingerprint density at radius 3 is 3.00 bits per heavy atom. The average molecular weight is 202 g/mol. The maximum Gasteiger partial charge on any atom is 0.368 e. The number of amides is 2. The number of ether oxygens (including phenoxy) is 1. The van der Waals surface area contributed by atoms with E-state index in [9.17, 15) is 9.90 Å². The fourth-order valence-electron chi connectivity index (χ4n) is 1.66. The molecule has 1 N–H and O–H groups in total. The summed E-state index contributed by atoms with van der Waals surface area (Å²) in [6, 6.07) is 0.864. The first-order valence-corrected chi connectivity index (χ1v) is 4.42. The number of phenols is 1. The molecule has 0 aliphatic carbocycles. The van der Waals surface area contributed by atoms with Gasteiger partial charge in [-0.05, 0) is 12.2 Å². The van der Waals surface area contributed by atoms with Crippen LogP contribution in [-0.2, 0) is 0 Å². The van der Waals surface area contributed by atoms with Gasteiger partial charge in [0.2, 0.25) is 0 Å². The van der Waals surface area contributed by atoms with Gasteiger partial charge in [0.05, 0.1) is 0 Å². The number of phenolic OH excluding ortho intramolecular Hbond substituents is 1. The number of carbonyl (C=O) groups excluding carboxylic acids is 1. The van der Waals surface area contributed by atoms with Crippen molar-refractivity contribution in [3.8, 4) is 11.5 Å². The van der Waals surface area contributed by atoms with Crippen LogP contribution >= 0.6 is 0 Å². The lowest BCUT2D eigenvalue weighted by Crippen LogP contribution is -2.26. The first-order chi connectivity index (χ1) is 7.25. The van der Waals surface area contributed by atoms with Crippen LogP contribution in [0.2, 0.25) is 0 Å². The van der Waals surface area contributed by atoms with Crippen molar-refractivity contribution in [1.82, 2.24) is 0 Å². The lowest BCUT2D eigenvalue weighted by atomic mass is 10.1. The molecule has 74 valence electrons. The summed E-state index contributed by atoms with van der Waals surface area (Å²) in [5.74, 6) is 0.455. The van der Waals surface area contributed by atoms with E-state index in [1.54, 1.807) is 0 Å². The minimum absolute atomic E-state index is 0.0753. The molecule has 1 aromatic carbocycles. The lowest BCUT2D eigenvalue weighted by Gasteiger charge is -2.11. The van der Waals surface area contributed by atoms with E-state index in [0.29, 0.717) is 23.3 Å². The third kappa shape index (κ3) is 1.06. The van der Waals surface area contributed by atoms with Crippen molar-refractivity contribution >= 4 is 12.1 Å². The summed E-state index contributed by atoms with van der Waals surface area (Å²) < 4.78 is 5.31. The van der Waals surface area contributed by atoms with Crippen molar-refractivity contribution < 1.29 is 14.6 Å². The highest BCUT2D eigenvalue weighted by molar-refractivity contribution is 5.79. The SMILES string of the molecule is O=C1N=c2c(O)cc3c(c2=N1)C=CCO3. The van der Waals surface area contributed by atoms with Crippen molar-refractivity contribution in [2.45, 2.75) is 0 Å². The zero-order chi connectivity index (χ0) is 10.4. The summed E-state index contributed by atoms with van der Waals surface area (Å²) >= 11 is 0. The van der Waals surface area contributed by atoms with E-state index >= 15 is 0 Å². The summed E-state index contributed by atoms with van der Waals surface area (Å²) in [6.07, 6.45) is 3.63. The molecule has 0 spiro atoms. The Labute approximate surface area is 84.0 Å². The molecule has 0 fully saturated rings. The summed E-state index contributed by atoms with van der Waals surface area (Å²) in [5.41, 5.74) is 0.698. The van der Waals surface area contributed by atoms with E-state index in [4.69, 9.17) is 4.74 Å². The van der Waals surface area contributed by atoms with Crippen molar-refractivity contribution in [3.63, 3.8) is 0 Å². The minimum Gasteiger partial charge on any atom is -0.505 e. The lowest BCUT2D eigenvalue weighted by molar-refractivity contribution is 0.256. The molecule has 5 heteroatoms. The zero-order valence-corrected chi connectivity index (χ0v) is 7.60. The van der Waals surface area contributed by atoms with Gasteiger partial charge in [-0.3, -0.25) is 0 Å². The van der Waals surface area contributed by atoms with Gasteiger partial charge in [-0.15, -0.1) is 0 Å². The number of hydrogen-bond donors (Lipinski definition) is 1. The summed E-state index contributed by atoms with van der Waals surface area (Å²) in [5, 5.41) is 10.2. The van der Waals surface area contributed by atoms with E-state index in [2.05, 4.69) is 9.98 Å².